The van der Waals surface area contributed by atoms with E-state index < -0.39 is 0 Å². The van der Waals surface area contributed by atoms with Crippen LogP contribution in [0, 0.1) is 0 Å². The van der Waals surface area contributed by atoms with Gasteiger partial charge in [0.25, 0.3) is 17.3 Å². The predicted molar refractivity (Wildman–Crippen MR) is 136 cm³/mol. The molecule has 0 bridgehead atoms. The molecule has 36 heavy (non-hydrogen) atoms. The molecule has 0 fully saturated rings. The number of nitrogens with zero attached hydrogens (tertiary/aromatic N) is 10. The lowest BCUT2D eigenvalue weighted by Crippen LogP contribution is -2.06. The van der Waals surface area contributed by atoms with Crippen LogP contribution in [-0.4, -0.2) is 48.4 Å². The molecule has 0 atom stereocenters. The molecule has 172 valence electrons. The Balaban J connectivity index is 1.50. The van der Waals surface area contributed by atoms with Gasteiger partial charge in [0.05, 0.1) is 11.0 Å². The molecular weight excluding hydrogens is 499 g/mol. The van der Waals surface area contributed by atoms with Gasteiger partial charge in [-0.2, -0.15) is 28.5 Å². The quantitative estimate of drug-likeness (QED) is 0.328. The molecule has 10 nitrogen and oxygen atoms in total. The van der Waals surface area contributed by atoms with E-state index in [1.54, 1.807) is 4.52 Å². The van der Waals surface area contributed by atoms with Gasteiger partial charge in [0.1, 0.15) is 0 Å². The zero-order chi connectivity index (χ0) is 24.0. The third-order valence-corrected chi connectivity index (χ3v) is 6.56. The van der Waals surface area contributed by atoms with Gasteiger partial charge in [-0.25, -0.2) is 0 Å². The Morgan fingerprint density at radius 1 is 0.556 bits per heavy atom. The number of aromatic nitrogens is 10. The number of hydrogen-bond acceptors (Lipinski definition) is 6. The van der Waals surface area contributed by atoms with Gasteiger partial charge in [0.2, 0.25) is 10.6 Å². The van der Waals surface area contributed by atoms with Gasteiger partial charge in [-0.3, -0.25) is 0 Å². The highest BCUT2D eigenvalue weighted by Crippen LogP contribution is 2.37. The SMILES string of the molecule is Clc1nc2n(n1)c1nc(Cl)nn1c1nc(-c3cccc4c3c3ccccc3n4-c3ccccc3)nn21. The van der Waals surface area contributed by atoms with Crippen molar-refractivity contribution in [1.29, 1.82) is 0 Å². The highest BCUT2D eigenvalue weighted by Gasteiger charge is 2.22. The molecule has 3 aromatic carbocycles. The lowest BCUT2D eigenvalue weighted by Gasteiger charge is -2.07. The normalized spacial score (nSPS) is 12.2. The second kappa shape index (κ2) is 7.00. The zero-order valence-electron chi connectivity index (χ0n) is 18.2. The van der Waals surface area contributed by atoms with E-state index in [4.69, 9.17) is 33.3 Å². The van der Waals surface area contributed by atoms with Crippen molar-refractivity contribution >= 4 is 62.3 Å². The highest BCUT2D eigenvalue weighted by atomic mass is 35.5. The minimum atomic E-state index is 0.0496. The summed E-state index contributed by atoms with van der Waals surface area (Å²) in [7, 11) is 0. The summed E-state index contributed by atoms with van der Waals surface area (Å²) in [6.07, 6.45) is 0. The van der Waals surface area contributed by atoms with E-state index >= 15 is 0 Å². The average molecular weight is 511 g/mol. The Hall–Kier alpha value is -4.54. The van der Waals surface area contributed by atoms with Gasteiger partial charge < -0.3 is 4.57 Å². The number of halogens is 2. The Morgan fingerprint density at radius 2 is 1.17 bits per heavy atom. The fraction of sp³-hybridized carbons (Fsp3) is 0. The molecule has 0 saturated carbocycles. The summed E-state index contributed by atoms with van der Waals surface area (Å²) in [5.41, 5.74) is 4.07. The largest absolute Gasteiger partial charge is 0.309 e. The summed E-state index contributed by atoms with van der Waals surface area (Å²) < 4.78 is 6.70. The highest BCUT2D eigenvalue weighted by molar-refractivity contribution is 6.28. The van der Waals surface area contributed by atoms with Crippen LogP contribution in [-0.2, 0) is 0 Å². The zero-order valence-corrected chi connectivity index (χ0v) is 19.7. The summed E-state index contributed by atoms with van der Waals surface area (Å²) in [6, 6.07) is 24.7. The van der Waals surface area contributed by atoms with E-state index in [0.717, 1.165) is 33.1 Å². The molecule has 0 aliphatic carbocycles. The maximum atomic E-state index is 6.12. The molecule has 5 aromatic heterocycles. The summed E-state index contributed by atoms with van der Waals surface area (Å²) in [5.74, 6) is 1.57. The Bertz CT molecular complexity index is 2060. The molecule has 0 amide bonds. The van der Waals surface area contributed by atoms with E-state index in [2.05, 4.69) is 55.1 Å². The first-order valence-corrected chi connectivity index (χ1v) is 11.7. The van der Waals surface area contributed by atoms with Crippen LogP contribution in [0.1, 0.15) is 0 Å². The summed E-state index contributed by atoms with van der Waals surface area (Å²) >= 11 is 12.2. The smallest absolute Gasteiger partial charge is 0.261 e. The summed E-state index contributed by atoms with van der Waals surface area (Å²) in [5, 5.41) is 15.5. The van der Waals surface area contributed by atoms with Gasteiger partial charge in [-0.1, -0.05) is 48.5 Å². The molecule has 0 unspecified atom stereocenters. The van der Waals surface area contributed by atoms with Crippen LogP contribution in [0.15, 0.2) is 72.8 Å². The van der Waals surface area contributed by atoms with Crippen LogP contribution in [0.4, 0.5) is 0 Å². The van der Waals surface area contributed by atoms with Gasteiger partial charge in [0.15, 0.2) is 5.82 Å². The Morgan fingerprint density at radius 3 is 1.92 bits per heavy atom. The predicted octanol–water partition coefficient (Wildman–Crippen LogP) is 4.89. The molecule has 0 radical (unpaired) electrons. The van der Waals surface area contributed by atoms with E-state index in [9.17, 15) is 0 Å². The van der Waals surface area contributed by atoms with Crippen molar-refractivity contribution < 1.29 is 0 Å². The molecule has 0 spiro atoms. The summed E-state index contributed by atoms with van der Waals surface area (Å²) in [6.45, 7) is 0. The van der Waals surface area contributed by atoms with Crippen LogP contribution in [0.3, 0.4) is 0 Å². The summed E-state index contributed by atoms with van der Waals surface area (Å²) in [4.78, 5) is 13.4. The molecule has 8 rings (SSSR count). The van der Waals surface area contributed by atoms with Crippen molar-refractivity contribution in [2.45, 2.75) is 0 Å². The van der Waals surface area contributed by atoms with E-state index in [0.29, 0.717) is 23.2 Å². The first-order valence-electron chi connectivity index (χ1n) is 11.0. The fourth-order valence-corrected chi connectivity index (χ4v) is 5.15. The monoisotopic (exact) mass is 510 g/mol. The molecular formula is C24H12Cl2N10. The first-order chi connectivity index (χ1) is 17.7. The molecule has 8 aromatic rings. The van der Waals surface area contributed by atoms with Crippen LogP contribution in [0.25, 0.3) is 56.2 Å². The van der Waals surface area contributed by atoms with Crippen LogP contribution in [0.2, 0.25) is 10.6 Å². The number of hydrogen-bond donors (Lipinski definition) is 0. The van der Waals surface area contributed by atoms with Crippen molar-refractivity contribution in [3.63, 3.8) is 0 Å². The number of fused-ring (bicyclic) bond motifs is 9. The van der Waals surface area contributed by atoms with Crippen LogP contribution >= 0.6 is 23.2 Å². The standard InChI is InChI=1S/C24H12Cl2N10/c25-20-28-23-34-22(35-24(36(23)32-20)29-21(26)31-35)27-19(30-34)15-10-6-12-17-18(15)14-9-4-5-11-16(14)33(17)13-7-2-1-3-8-13/h1-12H. The van der Waals surface area contributed by atoms with Gasteiger partial charge in [-0.15, -0.1) is 15.3 Å². The van der Waals surface area contributed by atoms with Crippen molar-refractivity contribution in [3.05, 3.63) is 83.4 Å². The number of rotatable bonds is 2. The molecule has 0 N–H and O–H groups in total. The fourth-order valence-electron chi connectivity index (χ4n) is 4.85. The third-order valence-electron chi connectivity index (χ3n) is 6.24. The van der Waals surface area contributed by atoms with Gasteiger partial charge in [-0.05, 0) is 47.5 Å². The van der Waals surface area contributed by atoms with Crippen molar-refractivity contribution in [3.8, 4) is 17.1 Å². The van der Waals surface area contributed by atoms with Gasteiger partial charge >= 0.3 is 0 Å². The maximum Gasteiger partial charge on any atom is 0.261 e. The average Bonchev–Trinajstić information content (AvgIpc) is 3.66. The second-order valence-corrected chi connectivity index (χ2v) is 8.90. The van der Waals surface area contributed by atoms with E-state index in [-0.39, 0.29) is 10.6 Å². The first kappa shape index (κ1) is 19.7. The van der Waals surface area contributed by atoms with E-state index in [1.165, 1.54) is 9.03 Å². The maximum absolute atomic E-state index is 6.12. The molecule has 0 aliphatic heterocycles. The topological polar surface area (TPSA) is 95.5 Å². The molecule has 0 aliphatic rings. The van der Waals surface area contributed by atoms with Crippen LogP contribution < -0.4 is 0 Å². The number of benzene rings is 3. The minimum absolute atomic E-state index is 0.0496. The van der Waals surface area contributed by atoms with Crippen molar-refractivity contribution in [2.24, 2.45) is 0 Å². The molecule has 12 heteroatoms. The van der Waals surface area contributed by atoms with Gasteiger partial charge in [0, 0.05) is 22.0 Å². The Labute approximate surface area is 211 Å². The minimum Gasteiger partial charge on any atom is -0.309 e. The van der Waals surface area contributed by atoms with E-state index in [1.807, 2.05) is 42.5 Å². The third kappa shape index (κ3) is 2.56. The number of para-hydroxylation sites is 2. The Kier molecular flexibility index (Phi) is 3.84. The molecule has 0 saturated heterocycles. The second-order valence-electron chi connectivity index (χ2n) is 8.22. The lowest BCUT2D eigenvalue weighted by atomic mass is 10.1. The van der Waals surface area contributed by atoms with Crippen molar-refractivity contribution in [2.75, 3.05) is 0 Å². The van der Waals surface area contributed by atoms with Crippen molar-refractivity contribution in [1.82, 2.24) is 48.4 Å². The van der Waals surface area contributed by atoms with Crippen LogP contribution in [0.5, 0.6) is 0 Å². The lowest BCUT2D eigenvalue weighted by molar-refractivity contribution is 0.816. The molecule has 5 heterocycles.